The molecule has 3 aromatic heterocycles. The Balaban J connectivity index is 1.69. The zero-order chi connectivity index (χ0) is 27.3. The molecule has 0 bridgehead atoms. The number of thiazole rings is 1. The molecule has 16 heteroatoms. The molecule has 0 amide bonds. The van der Waals surface area contributed by atoms with Crippen LogP contribution in [0.5, 0.6) is 0 Å². The third-order valence-corrected chi connectivity index (χ3v) is 6.66. The molecule has 0 aliphatic carbocycles. The van der Waals surface area contributed by atoms with Gasteiger partial charge in [-0.2, -0.15) is 10.1 Å². The molecule has 0 spiro atoms. The Hall–Kier alpha value is -3.84. The van der Waals surface area contributed by atoms with Crippen LogP contribution >= 0.6 is 22.9 Å². The summed E-state index contributed by atoms with van der Waals surface area (Å²) in [6.45, 7) is -0.994. The van der Waals surface area contributed by atoms with Crippen LogP contribution in [0.1, 0.15) is 11.3 Å². The van der Waals surface area contributed by atoms with Gasteiger partial charge in [0, 0.05) is 29.6 Å². The summed E-state index contributed by atoms with van der Waals surface area (Å²) in [6, 6.07) is 3.16. The molecule has 4 radical (unpaired) electrons. The van der Waals surface area contributed by atoms with E-state index in [2.05, 4.69) is 20.4 Å². The van der Waals surface area contributed by atoms with Gasteiger partial charge in [0.2, 0.25) is 5.95 Å². The van der Waals surface area contributed by atoms with Gasteiger partial charge in [0.05, 0.1) is 40.5 Å². The zero-order valence-corrected chi connectivity index (χ0v) is 20.9. The number of hydrogen-bond donors (Lipinski definition) is 1. The highest BCUT2D eigenvalue weighted by molar-refractivity contribution is 7.07. The summed E-state index contributed by atoms with van der Waals surface area (Å²) >= 11 is 7.63. The van der Waals surface area contributed by atoms with E-state index in [-0.39, 0.29) is 23.2 Å². The number of rotatable bonds is 6. The van der Waals surface area contributed by atoms with Crippen molar-refractivity contribution in [1.29, 1.82) is 0 Å². The number of aromatic nitrogens is 6. The molecule has 0 atom stereocenters. The van der Waals surface area contributed by atoms with Crippen molar-refractivity contribution in [3.05, 3.63) is 83.9 Å². The number of fused-ring (bicyclic) bond motifs is 1. The second kappa shape index (κ2) is 9.80. The second-order valence-electron chi connectivity index (χ2n) is 8.22. The van der Waals surface area contributed by atoms with Crippen LogP contribution in [-0.4, -0.2) is 44.6 Å². The van der Waals surface area contributed by atoms with Gasteiger partial charge >= 0.3 is 11.4 Å². The van der Waals surface area contributed by atoms with E-state index in [1.54, 1.807) is 35.4 Å². The first-order chi connectivity index (χ1) is 18.0. The fourth-order valence-electron chi connectivity index (χ4n) is 3.82. The monoisotopic (exact) mass is 553 g/mol. The van der Waals surface area contributed by atoms with E-state index in [0.717, 1.165) is 9.13 Å². The molecule has 5 aromatic rings. The van der Waals surface area contributed by atoms with E-state index in [9.17, 15) is 22.8 Å². The lowest BCUT2D eigenvalue weighted by atomic mass is 9.82. The van der Waals surface area contributed by atoms with Gasteiger partial charge < -0.3 is 5.32 Å². The van der Waals surface area contributed by atoms with Crippen LogP contribution in [0.3, 0.4) is 0 Å². The number of nitrogens with zero attached hydrogens (tertiary/aromatic N) is 6. The maximum absolute atomic E-state index is 14.9. The van der Waals surface area contributed by atoms with Gasteiger partial charge in [0.1, 0.15) is 21.5 Å². The van der Waals surface area contributed by atoms with Crippen molar-refractivity contribution in [3.63, 3.8) is 0 Å². The van der Waals surface area contributed by atoms with Crippen LogP contribution < -0.4 is 27.6 Å². The van der Waals surface area contributed by atoms with E-state index in [4.69, 9.17) is 27.3 Å². The van der Waals surface area contributed by atoms with Gasteiger partial charge in [0.25, 0.3) is 0 Å². The predicted molar refractivity (Wildman–Crippen MR) is 139 cm³/mol. The normalized spacial score (nSPS) is 11.4. The average molecular weight is 554 g/mol. The molecule has 0 aliphatic rings. The number of anilines is 2. The highest BCUT2D eigenvalue weighted by Gasteiger charge is 2.23. The van der Waals surface area contributed by atoms with Crippen LogP contribution in [0, 0.1) is 17.5 Å². The minimum absolute atomic E-state index is 0.173. The van der Waals surface area contributed by atoms with Crippen LogP contribution in [0.4, 0.5) is 24.8 Å². The maximum atomic E-state index is 14.9. The third kappa shape index (κ3) is 4.52. The van der Waals surface area contributed by atoms with Crippen LogP contribution in [0.25, 0.3) is 10.9 Å². The van der Waals surface area contributed by atoms with Crippen LogP contribution in [0.15, 0.2) is 38.8 Å². The quantitative estimate of drug-likeness (QED) is 0.251. The van der Waals surface area contributed by atoms with Gasteiger partial charge in [0.15, 0.2) is 11.6 Å². The van der Waals surface area contributed by atoms with Gasteiger partial charge in [-0.05, 0) is 17.6 Å². The van der Waals surface area contributed by atoms with E-state index in [0.29, 0.717) is 16.6 Å². The Kier molecular flexibility index (Phi) is 6.65. The van der Waals surface area contributed by atoms with Gasteiger partial charge in [-0.15, -0.1) is 11.3 Å². The highest BCUT2D eigenvalue weighted by atomic mass is 35.5. The molecule has 1 N–H and O–H groups in total. The smallest absolute Gasteiger partial charge is 0.324 e. The molecule has 0 aliphatic heterocycles. The summed E-state index contributed by atoms with van der Waals surface area (Å²) in [4.78, 5) is 34.4. The summed E-state index contributed by atoms with van der Waals surface area (Å²) < 4.78 is 46.3. The number of benzene rings is 2. The average Bonchev–Trinajstić information content (AvgIpc) is 3.52. The fraction of sp³-hybridized carbons (Fsp3) is 0.136. The molecule has 188 valence electrons. The highest BCUT2D eigenvalue weighted by Crippen LogP contribution is 2.29. The molecule has 0 unspecified atom stereocenters. The lowest BCUT2D eigenvalue weighted by Gasteiger charge is -2.18. The van der Waals surface area contributed by atoms with Crippen molar-refractivity contribution in [2.75, 3.05) is 5.32 Å². The van der Waals surface area contributed by atoms with Crippen LogP contribution in [0.2, 0.25) is 5.02 Å². The SMILES string of the molecule is [B]c1c(F)c(F)c([B])c(Cn2c(Nc3cc4cn(C)nc4cc3Cl)nc(=O)n(Cc3cscn3)c2=O)c1F. The van der Waals surface area contributed by atoms with Crippen molar-refractivity contribution < 1.29 is 13.2 Å². The minimum atomic E-state index is -1.65. The first kappa shape index (κ1) is 25.8. The summed E-state index contributed by atoms with van der Waals surface area (Å²) in [6.07, 6.45) is 1.71. The first-order valence-electron chi connectivity index (χ1n) is 10.7. The van der Waals surface area contributed by atoms with Gasteiger partial charge in [-0.1, -0.05) is 17.1 Å². The minimum Gasteiger partial charge on any atom is -0.324 e. The molecule has 5 rings (SSSR count). The van der Waals surface area contributed by atoms with Crippen molar-refractivity contribution >= 4 is 72.1 Å². The van der Waals surface area contributed by atoms with Gasteiger partial charge in [-0.25, -0.2) is 32.3 Å². The third-order valence-electron chi connectivity index (χ3n) is 5.72. The molecule has 3 heterocycles. The standard InChI is InChI=1S/C22H13B2ClF3N7O2S/c1-33-4-9-2-14(12(25)3-13(9)32-33)30-20-31-21(36)35(5-10-7-38-8-29-10)22(37)34(20)6-11-15(23)18(27)19(28)16(24)17(11)26/h2-4,7-8H,5-6H2,1H3,(H,30,31,36). The molecular formula is C22H13B2ClF3N7O2S. The van der Waals surface area contributed by atoms with E-state index < -0.39 is 51.9 Å². The molecule has 0 fully saturated rings. The molecule has 9 nitrogen and oxygen atoms in total. The van der Waals surface area contributed by atoms with Crippen molar-refractivity contribution in [1.82, 2.24) is 28.9 Å². The molecule has 0 saturated heterocycles. The summed E-state index contributed by atoms with van der Waals surface area (Å²) in [5.74, 6) is -4.94. The number of aryl methyl sites for hydroxylation is 1. The largest absolute Gasteiger partial charge is 0.355 e. The van der Waals surface area contributed by atoms with E-state index in [1.807, 2.05) is 0 Å². The molecule has 0 saturated carbocycles. The topological polar surface area (TPSA) is 99.6 Å². The number of halogens is 4. The number of hydrogen-bond acceptors (Lipinski definition) is 7. The fourth-order valence-corrected chi connectivity index (χ4v) is 4.58. The second-order valence-corrected chi connectivity index (χ2v) is 9.35. The van der Waals surface area contributed by atoms with Crippen LogP contribution in [-0.2, 0) is 20.1 Å². The predicted octanol–water partition coefficient (Wildman–Crippen LogP) is 1.25. The Morgan fingerprint density at radius 2 is 1.79 bits per heavy atom. The van der Waals surface area contributed by atoms with E-state index >= 15 is 0 Å². The Bertz CT molecular complexity index is 1810. The van der Waals surface area contributed by atoms with Crippen molar-refractivity contribution in [3.8, 4) is 0 Å². The Labute approximate surface area is 223 Å². The Morgan fingerprint density at radius 3 is 2.50 bits per heavy atom. The molecular weight excluding hydrogens is 540 g/mol. The summed E-state index contributed by atoms with van der Waals surface area (Å²) in [5.41, 5.74) is -1.78. The molecule has 2 aromatic carbocycles. The number of nitrogens with one attached hydrogen (secondary N) is 1. The Morgan fingerprint density at radius 1 is 1.05 bits per heavy atom. The molecule has 38 heavy (non-hydrogen) atoms. The first-order valence-corrected chi connectivity index (χ1v) is 12.1. The van der Waals surface area contributed by atoms with Gasteiger partial charge in [-0.3, -0.25) is 9.25 Å². The maximum Gasteiger partial charge on any atom is 0.355 e. The lowest BCUT2D eigenvalue weighted by molar-refractivity contribution is 0.501. The summed E-state index contributed by atoms with van der Waals surface area (Å²) in [7, 11) is 12.7. The zero-order valence-electron chi connectivity index (χ0n) is 19.4. The van der Waals surface area contributed by atoms with E-state index in [1.165, 1.54) is 16.8 Å². The van der Waals surface area contributed by atoms with Crippen molar-refractivity contribution in [2.24, 2.45) is 7.05 Å². The lowest BCUT2D eigenvalue weighted by Crippen LogP contribution is -2.44. The summed E-state index contributed by atoms with van der Waals surface area (Å²) in [5, 5.41) is 9.53. The van der Waals surface area contributed by atoms with Crippen molar-refractivity contribution in [2.45, 2.75) is 13.1 Å².